The Balaban J connectivity index is 1.72. The third kappa shape index (κ3) is 4.42. The van der Waals surface area contributed by atoms with E-state index in [2.05, 4.69) is 77.9 Å². The Labute approximate surface area is 144 Å². The van der Waals surface area contributed by atoms with Crippen LogP contribution >= 0.6 is 0 Å². The molecule has 0 aliphatic carbocycles. The molecule has 0 N–H and O–H groups in total. The molecule has 2 nitrogen and oxygen atoms in total. The van der Waals surface area contributed by atoms with Crippen molar-refractivity contribution in [3.05, 3.63) is 77.9 Å². The molecule has 24 heavy (non-hydrogen) atoms. The van der Waals surface area contributed by atoms with Crippen LogP contribution in [0.15, 0.2) is 66.7 Å². The zero-order chi connectivity index (χ0) is 16.6. The molecule has 1 aliphatic rings. The monoisotopic (exact) mass is 318 g/mol. The molecule has 2 heteroatoms. The summed E-state index contributed by atoms with van der Waals surface area (Å²) in [7, 11) is 0. The third-order valence-corrected chi connectivity index (χ3v) is 4.64. The fourth-order valence-corrected chi connectivity index (χ4v) is 3.38. The van der Waals surface area contributed by atoms with Crippen LogP contribution in [0.25, 0.3) is 5.57 Å². The number of hydrogen-bond acceptors (Lipinski definition) is 2. The number of likely N-dealkylation sites (tertiary alicyclic amines) is 1. The Hall–Kier alpha value is -2.19. The average molecular weight is 318 g/mol. The molecule has 2 aromatic rings. The molecule has 1 unspecified atom stereocenters. The molecular weight excluding hydrogens is 294 g/mol. The largest absolute Gasteiger partial charge is 0.302 e. The summed E-state index contributed by atoms with van der Waals surface area (Å²) in [5.74, 6) is 0.102. The normalized spacial score (nSPS) is 18.1. The first-order valence-electron chi connectivity index (χ1n) is 8.78. The van der Waals surface area contributed by atoms with Crippen LogP contribution < -0.4 is 0 Å². The number of piperidine rings is 1. The third-order valence-electron chi connectivity index (χ3n) is 4.64. The van der Waals surface area contributed by atoms with Gasteiger partial charge in [0.2, 0.25) is 6.29 Å². The first-order chi connectivity index (χ1) is 11.9. The first-order valence-corrected chi connectivity index (χ1v) is 8.78. The zero-order valence-electron chi connectivity index (χ0n) is 14.0. The molecule has 0 amide bonds. The van der Waals surface area contributed by atoms with Gasteiger partial charge in [-0.2, -0.15) is 0 Å². The number of nitrogens with zero attached hydrogens (tertiary/aromatic N) is 1. The van der Waals surface area contributed by atoms with Gasteiger partial charge >= 0.3 is 0 Å². The van der Waals surface area contributed by atoms with Crippen LogP contribution in [0.5, 0.6) is 0 Å². The molecule has 0 bridgehead atoms. The van der Waals surface area contributed by atoms with Crippen molar-refractivity contribution >= 4 is 11.9 Å². The number of rotatable bonds is 6. The van der Waals surface area contributed by atoms with Crippen molar-refractivity contribution in [3.63, 3.8) is 0 Å². The van der Waals surface area contributed by atoms with E-state index in [4.69, 9.17) is 0 Å². The maximum absolute atomic E-state index is 10.9. The molecule has 0 saturated carbocycles. The maximum atomic E-state index is 10.9. The van der Waals surface area contributed by atoms with E-state index < -0.39 is 0 Å². The Bertz CT molecular complexity index is 621. The van der Waals surface area contributed by atoms with Crippen LogP contribution in [-0.4, -0.2) is 30.8 Å². The van der Waals surface area contributed by atoms with Gasteiger partial charge in [-0.3, -0.25) is 4.79 Å². The van der Waals surface area contributed by atoms with Gasteiger partial charge in [0.05, 0.1) is 0 Å². The molecule has 123 valence electrons. The van der Waals surface area contributed by atoms with Gasteiger partial charge in [0, 0.05) is 19.0 Å². The topological polar surface area (TPSA) is 20.3 Å². The van der Waals surface area contributed by atoms with E-state index in [0.717, 1.165) is 38.9 Å². The maximum Gasteiger partial charge on any atom is 0.203 e. The van der Waals surface area contributed by atoms with Gasteiger partial charge in [-0.1, -0.05) is 66.7 Å². The van der Waals surface area contributed by atoms with E-state index in [0.29, 0.717) is 0 Å². The van der Waals surface area contributed by atoms with Gasteiger partial charge in [-0.25, -0.2) is 0 Å². The first kappa shape index (κ1) is 16.7. The second-order valence-corrected chi connectivity index (χ2v) is 6.40. The minimum Gasteiger partial charge on any atom is -0.302 e. The lowest BCUT2D eigenvalue weighted by Gasteiger charge is -2.29. The second-order valence-electron chi connectivity index (χ2n) is 6.40. The summed E-state index contributed by atoms with van der Waals surface area (Å²) in [6.07, 6.45) is 7.60. The molecule has 1 saturated heterocycles. The predicted molar refractivity (Wildman–Crippen MR) is 99.4 cm³/mol. The van der Waals surface area contributed by atoms with Gasteiger partial charge in [-0.15, -0.1) is 0 Å². The lowest BCUT2D eigenvalue weighted by atomic mass is 9.96. The predicted octanol–water partition coefficient (Wildman–Crippen LogP) is 4.33. The highest BCUT2D eigenvalue weighted by atomic mass is 16.1. The van der Waals surface area contributed by atoms with E-state index in [1.807, 2.05) is 0 Å². The van der Waals surface area contributed by atoms with Crippen LogP contribution in [0.3, 0.4) is 0 Å². The Morgan fingerprint density at radius 1 is 1.04 bits per heavy atom. The average Bonchev–Trinajstić information content (AvgIpc) is 2.67. The summed E-state index contributed by atoms with van der Waals surface area (Å²) >= 11 is 0. The molecule has 1 fully saturated rings. The van der Waals surface area contributed by atoms with Crippen molar-refractivity contribution in [1.29, 1.82) is 0 Å². The lowest BCUT2D eigenvalue weighted by molar-refractivity contribution is 0.205. The van der Waals surface area contributed by atoms with Crippen molar-refractivity contribution in [3.8, 4) is 0 Å². The fourth-order valence-electron chi connectivity index (χ4n) is 3.38. The van der Waals surface area contributed by atoms with Crippen molar-refractivity contribution < 1.29 is 4.79 Å². The Kier molecular flexibility index (Phi) is 5.97. The molecule has 0 aromatic heterocycles. The van der Waals surface area contributed by atoms with Gasteiger partial charge in [0.15, 0.2) is 0 Å². The van der Waals surface area contributed by atoms with Crippen molar-refractivity contribution in [2.45, 2.75) is 19.3 Å². The SMILES string of the molecule is O=[C]C1CCCN(CCC=C(c2ccccc2)c2ccccc2)C1. The van der Waals surface area contributed by atoms with Gasteiger partial charge in [-0.05, 0) is 42.5 Å². The lowest BCUT2D eigenvalue weighted by Crippen LogP contribution is -2.36. The number of hydrogen-bond donors (Lipinski definition) is 0. The van der Waals surface area contributed by atoms with E-state index >= 15 is 0 Å². The molecule has 1 atom stereocenters. The molecule has 1 aliphatic heterocycles. The Morgan fingerprint density at radius 3 is 2.25 bits per heavy atom. The van der Waals surface area contributed by atoms with E-state index in [9.17, 15) is 4.79 Å². The fraction of sp³-hybridized carbons (Fsp3) is 0.318. The molecule has 1 radical (unpaired) electrons. The smallest absolute Gasteiger partial charge is 0.203 e. The minimum absolute atomic E-state index is 0.102. The van der Waals surface area contributed by atoms with Crippen LogP contribution in [0.2, 0.25) is 0 Å². The summed E-state index contributed by atoms with van der Waals surface area (Å²) in [4.78, 5) is 13.3. The van der Waals surface area contributed by atoms with E-state index in [1.54, 1.807) is 0 Å². The highest BCUT2D eigenvalue weighted by Gasteiger charge is 2.19. The number of carbonyl (C=O) groups excluding carboxylic acids is 1. The highest BCUT2D eigenvalue weighted by Crippen LogP contribution is 2.24. The summed E-state index contributed by atoms with van der Waals surface area (Å²) < 4.78 is 0. The number of benzene rings is 2. The molecule has 2 aromatic carbocycles. The van der Waals surface area contributed by atoms with Crippen molar-refractivity contribution in [2.75, 3.05) is 19.6 Å². The van der Waals surface area contributed by atoms with Crippen LogP contribution in [0.4, 0.5) is 0 Å². The highest BCUT2D eigenvalue weighted by molar-refractivity contribution is 5.79. The molecule has 1 heterocycles. The second kappa shape index (κ2) is 8.60. The van der Waals surface area contributed by atoms with Gasteiger partial charge < -0.3 is 4.90 Å². The summed E-state index contributed by atoms with van der Waals surface area (Å²) in [6.45, 7) is 2.96. The summed E-state index contributed by atoms with van der Waals surface area (Å²) in [5.41, 5.74) is 3.79. The molecule has 3 rings (SSSR count). The summed E-state index contributed by atoms with van der Waals surface area (Å²) in [5, 5.41) is 0. The van der Waals surface area contributed by atoms with Crippen molar-refractivity contribution in [2.24, 2.45) is 5.92 Å². The summed E-state index contributed by atoms with van der Waals surface area (Å²) in [6, 6.07) is 21.1. The van der Waals surface area contributed by atoms with Crippen LogP contribution in [-0.2, 0) is 4.79 Å². The van der Waals surface area contributed by atoms with E-state index in [1.165, 1.54) is 16.7 Å². The van der Waals surface area contributed by atoms with Crippen LogP contribution in [0.1, 0.15) is 30.4 Å². The minimum atomic E-state index is 0.102. The molecular formula is C22H24NO. The quantitative estimate of drug-likeness (QED) is 0.790. The van der Waals surface area contributed by atoms with Crippen LogP contribution in [0, 0.1) is 5.92 Å². The van der Waals surface area contributed by atoms with Gasteiger partial charge in [0.1, 0.15) is 0 Å². The van der Waals surface area contributed by atoms with E-state index in [-0.39, 0.29) is 5.92 Å². The Morgan fingerprint density at radius 2 is 1.67 bits per heavy atom. The van der Waals surface area contributed by atoms with Crippen molar-refractivity contribution in [1.82, 2.24) is 4.90 Å². The zero-order valence-corrected chi connectivity index (χ0v) is 14.0. The standard InChI is InChI=1S/C22H24NO/c24-18-19-9-7-15-23(17-19)16-8-14-22(20-10-3-1-4-11-20)21-12-5-2-6-13-21/h1-6,10-14,19H,7-9,15-17H2. The molecule has 0 spiro atoms. The van der Waals surface area contributed by atoms with Gasteiger partial charge in [0.25, 0.3) is 0 Å².